The monoisotopic (exact) mass is 254 g/mol. The van der Waals surface area contributed by atoms with Gasteiger partial charge < -0.3 is 4.52 Å². The Morgan fingerprint density at radius 2 is 1.88 bits per heavy atom. The first-order chi connectivity index (χ1) is 7.66. The van der Waals surface area contributed by atoms with E-state index in [-0.39, 0.29) is 0 Å². The molecule has 1 atom stereocenters. The van der Waals surface area contributed by atoms with Crippen LogP contribution in [0.5, 0.6) is 5.75 Å². The van der Waals surface area contributed by atoms with Crippen molar-refractivity contribution in [3.63, 3.8) is 0 Å². The molecule has 0 saturated heterocycles. The summed E-state index contributed by atoms with van der Waals surface area (Å²) in [6, 6.07) is 9.49. The SMILES string of the molecule is C[P@@](=S)(Nn1cnnc1)Oc1ccccc1. The summed E-state index contributed by atoms with van der Waals surface area (Å²) < 4.78 is 7.31. The molecule has 1 heterocycles. The van der Waals surface area contributed by atoms with Crippen molar-refractivity contribution >= 4 is 18.2 Å². The Morgan fingerprint density at radius 1 is 1.25 bits per heavy atom. The Bertz CT molecular complexity index is 487. The fourth-order valence-corrected chi connectivity index (χ4v) is 2.79. The van der Waals surface area contributed by atoms with E-state index < -0.39 is 6.42 Å². The van der Waals surface area contributed by atoms with Crippen LogP contribution in [-0.4, -0.2) is 21.5 Å². The number of nitrogens with zero attached hydrogens (tertiary/aromatic N) is 3. The van der Waals surface area contributed by atoms with Gasteiger partial charge in [-0.3, -0.25) is 5.20 Å². The lowest BCUT2D eigenvalue weighted by Crippen LogP contribution is -2.12. The fraction of sp³-hybridized carbons (Fsp3) is 0.111. The lowest BCUT2D eigenvalue weighted by molar-refractivity contribution is 0.614. The van der Waals surface area contributed by atoms with Crippen LogP contribution in [0.3, 0.4) is 0 Å². The van der Waals surface area contributed by atoms with Gasteiger partial charge in [0.05, 0.1) is 0 Å². The predicted molar refractivity (Wildman–Crippen MR) is 66.7 cm³/mol. The van der Waals surface area contributed by atoms with Crippen molar-refractivity contribution in [3.8, 4) is 5.75 Å². The van der Waals surface area contributed by atoms with Crippen LogP contribution in [0.25, 0.3) is 0 Å². The zero-order valence-corrected chi connectivity index (χ0v) is 10.4. The fourth-order valence-electron chi connectivity index (χ4n) is 1.17. The summed E-state index contributed by atoms with van der Waals surface area (Å²) in [4.78, 5) is 0. The lowest BCUT2D eigenvalue weighted by Gasteiger charge is -2.20. The van der Waals surface area contributed by atoms with E-state index >= 15 is 0 Å². The number of hydrogen-bond acceptors (Lipinski definition) is 4. The summed E-state index contributed by atoms with van der Waals surface area (Å²) in [5.41, 5.74) is 0. The van der Waals surface area contributed by atoms with Crippen LogP contribution in [0.1, 0.15) is 0 Å². The van der Waals surface area contributed by atoms with Gasteiger partial charge in [0.25, 0.3) is 0 Å². The van der Waals surface area contributed by atoms with Crippen LogP contribution in [0.4, 0.5) is 0 Å². The molecule has 0 amide bonds. The van der Waals surface area contributed by atoms with E-state index in [0.29, 0.717) is 0 Å². The third kappa shape index (κ3) is 3.05. The Morgan fingerprint density at radius 3 is 2.50 bits per heavy atom. The van der Waals surface area contributed by atoms with Crippen LogP contribution in [0.2, 0.25) is 0 Å². The minimum absolute atomic E-state index is 0.758. The maximum absolute atomic E-state index is 5.71. The summed E-state index contributed by atoms with van der Waals surface area (Å²) in [6.07, 6.45) is 0.944. The van der Waals surface area contributed by atoms with Gasteiger partial charge in [-0.25, -0.2) is 4.68 Å². The van der Waals surface area contributed by atoms with E-state index in [4.69, 9.17) is 16.3 Å². The van der Waals surface area contributed by atoms with Crippen molar-refractivity contribution in [3.05, 3.63) is 43.0 Å². The first kappa shape index (κ1) is 11.1. The van der Waals surface area contributed by atoms with Gasteiger partial charge in [-0.15, -0.1) is 10.2 Å². The standard InChI is InChI=1S/C9H11N4OPS/c1-15(16,12-13-7-10-11-8-13)14-9-5-3-2-4-6-9/h2-8H,1H3,(H,12,16)/t15-/m1/s1. The number of nitrogens with one attached hydrogen (secondary N) is 1. The molecular weight excluding hydrogens is 243 g/mol. The minimum atomic E-state index is -2.14. The molecular formula is C9H11N4OPS. The van der Waals surface area contributed by atoms with Crippen LogP contribution in [-0.2, 0) is 11.8 Å². The number of hydrogen-bond donors (Lipinski definition) is 1. The normalized spacial score (nSPS) is 14.1. The van der Waals surface area contributed by atoms with Gasteiger partial charge in [-0.05, 0) is 23.9 Å². The minimum Gasteiger partial charge on any atom is -0.448 e. The molecule has 0 aliphatic heterocycles. The lowest BCUT2D eigenvalue weighted by atomic mass is 10.3. The quantitative estimate of drug-likeness (QED) is 0.844. The highest BCUT2D eigenvalue weighted by atomic mass is 32.4. The van der Waals surface area contributed by atoms with Crippen molar-refractivity contribution in [2.24, 2.45) is 0 Å². The molecule has 0 radical (unpaired) electrons. The number of aromatic nitrogens is 3. The molecule has 1 aromatic heterocycles. The summed E-state index contributed by atoms with van der Waals surface area (Å²) in [5.74, 6) is 0.758. The van der Waals surface area contributed by atoms with E-state index in [9.17, 15) is 0 Å². The molecule has 2 rings (SSSR count). The zero-order chi connectivity index (χ0) is 11.4. The van der Waals surface area contributed by atoms with Gasteiger partial charge in [-0.1, -0.05) is 18.2 Å². The molecule has 1 aromatic carbocycles. The largest absolute Gasteiger partial charge is 0.448 e. The van der Waals surface area contributed by atoms with Crippen molar-refractivity contribution in [2.75, 3.05) is 11.9 Å². The molecule has 0 aliphatic rings. The van der Waals surface area contributed by atoms with Gasteiger partial charge in [0.1, 0.15) is 18.4 Å². The molecule has 0 unspecified atom stereocenters. The van der Waals surface area contributed by atoms with Crippen molar-refractivity contribution < 1.29 is 4.52 Å². The van der Waals surface area contributed by atoms with Gasteiger partial charge in [0.15, 0.2) is 0 Å². The van der Waals surface area contributed by atoms with Crippen LogP contribution in [0.15, 0.2) is 43.0 Å². The summed E-state index contributed by atoms with van der Waals surface area (Å²) >= 11 is 5.37. The molecule has 1 N–H and O–H groups in total. The first-order valence-corrected chi connectivity index (χ1v) is 7.77. The Hall–Kier alpha value is -1.39. The number of rotatable bonds is 4. The Kier molecular flexibility index (Phi) is 3.22. The zero-order valence-electron chi connectivity index (χ0n) is 8.65. The highest BCUT2D eigenvalue weighted by Gasteiger charge is 2.11. The van der Waals surface area contributed by atoms with E-state index in [2.05, 4.69) is 15.4 Å². The highest BCUT2D eigenvalue weighted by Crippen LogP contribution is 2.40. The molecule has 0 spiro atoms. The van der Waals surface area contributed by atoms with E-state index in [1.165, 1.54) is 0 Å². The second kappa shape index (κ2) is 4.63. The average Bonchev–Trinajstić information content (AvgIpc) is 2.70. The van der Waals surface area contributed by atoms with Gasteiger partial charge >= 0.3 is 0 Å². The van der Waals surface area contributed by atoms with Crippen molar-refractivity contribution in [1.29, 1.82) is 0 Å². The second-order valence-corrected chi connectivity index (χ2v) is 7.38. The molecule has 84 valence electrons. The third-order valence-corrected chi connectivity index (χ3v) is 3.36. The summed E-state index contributed by atoms with van der Waals surface area (Å²) in [7, 11) is 0. The van der Waals surface area contributed by atoms with Crippen molar-refractivity contribution in [1.82, 2.24) is 14.9 Å². The molecule has 16 heavy (non-hydrogen) atoms. The molecule has 0 saturated carbocycles. The molecule has 5 nitrogen and oxygen atoms in total. The highest BCUT2D eigenvalue weighted by molar-refractivity contribution is 8.12. The van der Waals surface area contributed by atoms with Crippen LogP contribution >= 0.6 is 6.42 Å². The molecule has 0 fully saturated rings. The molecule has 0 bridgehead atoms. The first-order valence-electron chi connectivity index (χ1n) is 4.61. The molecule has 0 aliphatic carbocycles. The molecule has 7 heteroatoms. The Labute approximate surface area is 98.6 Å². The maximum Gasteiger partial charge on any atom is 0.213 e. The Balaban J connectivity index is 2.06. The average molecular weight is 254 g/mol. The third-order valence-electron chi connectivity index (χ3n) is 1.74. The second-order valence-electron chi connectivity index (χ2n) is 3.22. The summed E-state index contributed by atoms with van der Waals surface area (Å²) in [6.45, 7) is 1.86. The maximum atomic E-state index is 5.71. The van der Waals surface area contributed by atoms with Gasteiger partial charge in [0, 0.05) is 6.66 Å². The van der Waals surface area contributed by atoms with E-state index in [0.717, 1.165) is 5.75 Å². The van der Waals surface area contributed by atoms with Gasteiger partial charge in [-0.2, -0.15) is 0 Å². The van der Waals surface area contributed by atoms with Crippen LogP contribution in [0, 0.1) is 0 Å². The van der Waals surface area contributed by atoms with Crippen LogP contribution < -0.4 is 9.72 Å². The smallest absolute Gasteiger partial charge is 0.213 e. The number of benzene rings is 1. The number of para-hydroxylation sites is 1. The van der Waals surface area contributed by atoms with E-state index in [1.807, 2.05) is 37.0 Å². The predicted octanol–water partition coefficient (Wildman–Crippen LogP) is 1.84. The molecule has 2 aromatic rings. The van der Waals surface area contributed by atoms with Gasteiger partial charge in [0.2, 0.25) is 6.42 Å². The summed E-state index contributed by atoms with van der Waals surface area (Å²) in [5, 5.41) is 10.4. The topological polar surface area (TPSA) is 52.0 Å². The van der Waals surface area contributed by atoms with Crippen molar-refractivity contribution in [2.45, 2.75) is 0 Å². The van der Waals surface area contributed by atoms with E-state index in [1.54, 1.807) is 17.3 Å².